The van der Waals surface area contributed by atoms with Crippen molar-refractivity contribution in [3.63, 3.8) is 0 Å². The van der Waals surface area contributed by atoms with Gasteiger partial charge in [-0.25, -0.2) is 4.68 Å². The van der Waals surface area contributed by atoms with E-state index in [0.29, 0.717) is 5.69 Å². The first-order chi connectivity index (χ1) is 13.7. The maximum absolute atomic E-state index is 13.0. The van der Waals surface area contributed by atoms with Crippen molar-refractivity contribution in [3.8, 4) is 11.4 Å². The van der Waals surface area contributed by atoms with E-state index in [4.69, 9.17) is 4.74 Å². The fourth-order valence-corrected chi connectivity index (χ4v) is 2.92. The summed E-state index contributed by atoms with van der Waals surface area (Å²) in [5.74, 6) is -0.168. The van der Waals surface area contributed by atoms with Crippen LogP contribution in [0.4, 0.5) is 18.9 Å². The Morgan fingerprint density at radius 1 is 1.14 bits per heavy atom. The summed E-state index contributed by atoms with van der Waals surface area (Å²) in [5.41, 5.74) is 0.935. The van der Waals surface area contributed by atoms with E-state index in [0.717, 1.165) is 17.7 Å². The van der Waals surface area contributed by atoms with Crippen LogP contribution in [-0.4, -0.2) is 22.8 Å². The minimum absolute atomic E-state index is 0.0246. The van der Waals surface area contributed by atoms with Crippen LogP contribution in [0.1, 0.15) is 41.4 Å². The molecule has 5 nitrogen and oxygen atoms in total. The Hall–Kier alpha value is -3.29. The standard InChI is InChI=1S/C21H20F3N3O2/c1-13(2)16-9-4-5-10-17(16)25-20(28)19-18(29-3)12-27(26-19)15-8-6-7-14(11-15)21(22,23)24/h4-13H,1-3H3,(H,25,28). The van der Waals surface area contributed by atoms with E-state index in [2.05, 4.69) is 10.4 Å². The minimum Gasteiger partial charge on any atom is -0.493 e. The Labute approximate surface area is 166 Å². The summed E-state index contributed by atoms with van der Waals surface area (Å²) in [6.45, 7) is 4.02. The van der Waals surface area contributed by atoms with Crippen LogP contribution in [0.2, 0.25) is 0 Å². The number of aromatic nitrogens is 2. The molecule has 3 rings (SSSR count). The van der Waals surface area contributed by atoms with Gasteiger partial charge in [0.25, 0.3) is 5.91 Å². The number of methoxy groups -OCH3 is 1. The highest BCUT2D eigenvalue weighted by molar-refractivity contribution is 6.05. The second-order valence-corrected chi connectivity index (χ2v) is 6.73. The highest BCUT2D eigenvalue weighted by Gasteiger charge is 2.30. The molecule has 0 spiro atoms. The van der Waals surface area contributed by atoms with E-state index in [1.165, 1.54) is 30.1 Å². The monoisotopic (exact) mass is 403 g/mol. The molecule has 1 N–H and O–H groups in total. The number of nitrogens with zero attached hydrogens (tertiary/aromatic N) is 2. The Kier molecular flexibility index (Phi) is 5.63. The average Bonchev–Trinajstić information content (AvgIpc) is 3.12. The molecule has 0 radical (unpaired) electrons. The van der Waals surface area contributed by atoms with Crippen LogP contribution in [0.15, 0.2) is 54.7 Å². The summed E-state index contributed by atoms with van der Waals surface area (Å²) in [7, 11) is 1.37. The molecule has 1 aromatic heterocycles. The highest BCUT2D eigenvalue weighted by Crippen LogP contribution is 2.31. The Balaban J connectivity index is 1.94. The van der Waals surface area contributed by atoms with Crippen LogP contribution < -0.4 is 10.1 Å². The summed E-state index contributed by atoms with van der Waals surface area (Å²) < 4.78 is 45.4. The van der Waals surface area contributed by atoms with Gasteiger partial charge in [0.15, 0.2) is 11.4 Å². The molecule has 0 atom stereocenters. The number of para-hydroxylation sites is 1. The maximum Gasteiger partial charge on any atom is 0.416 e. The number of rotatable bonds is 5. The molecule has 0 saturated heterocycles. The number of halogens is 3. The summed E-state index contributed by atoms with van der Waals surface area (Å²) in [6.07, 6.45) is -3.10. The second kappa shape index (κ2) is 7.98. The fraction of sp³-hybridized carbons (Fsp3) is 0.238. The van der Waals surface area contributed by atoms with Crippen LogP contribution in [0.25, 0.3) is 5.69 Å². The predicted octanol–water partition coefficient (Wildman–Crippen LogP) is 5.28. The van der Waals surface area contributed by atoms with Gasteiger partial charge in [0.05, 0.1) is 24.6 Å². The van der Waals surface area contributed by atoms with Crippen molar-refractivity contribution in [1.82, 2.24) is 9.78 Å². The molecule has 152 valence electrons. The van der Waals surface area contributed by atoms with E-state index in [1.807, 2.05) is 26.0 Å². The largest absolute Gasteiger partial charge is 0.493 e. The van der Waals surface area contributed by atoms with Gasteiger partial charge in [-0.05, 0) is 35.7 Å². The van der Waals surface area contributed by atoms with E-state index in [9.17, 15) is 18.0 Å². The smallest absolute Gasteiger partial charge is 0.416 e. The van der Waals surface area contributed by atoms with Crippen molar-refractivity contribution in [3.05, 3.63) is 71.5 Å². The molecular weight excluding hydrogens is 383 g/mol. The van der Waals surface area contributed by atoms with Gasteiger partial charge in [-0.3, -0.25) is 4.79 Å². The number of amides is 1. The Morgan fingerprint density at radius 2 is 1.86 bits per heavy atom. The van der Waals surface area contributed by atoms with Gasteiger partial charge in [0, 0.05) is 5.69 Å². The molecule has 29 heavy (non-hydrogen) atoms. The van der Waals surface area contributed by atoms with Crippen molar-refractivity contribution < 1.29 is 22.7 Å². The van der Waals surface area contributed by atoms with Crippen LogP contribution in [0.3, 0.4) is 0 Å². The number of carbonyl (C=O) groups is 1. The van der Waals surface area contributed by atoms with Crippen LogP contribution in [0, 0.1) is 0 Å². The third kappa shape index (κ3) is 4.42. The summed E-state index contributed by atoms with van der Waals surface area (Å²) in [5, 5.41) is 6.97. The van der Waals surface area contributed by atoms with Gasteiger partial charge in [-0.15, -0.1) is 0 Å². The lowest BCUT2D eigenvalue weighted by Gasteiger charge is -2.13. The van der Waals surface area contributed by atoms with Crippen molar-refractivity contribution in [2.24, 2.45) is 0 Å². The van der Waals surface area contributed by atoms with Crippen molar-refractivity contribution in [1.29, 1.82) is 0 Å². The number of carbonyl (C=O) groups excluding carboxylic acids is 1. The maximum atomic E-state index is 13.0. The number of benzene rings is 2. The molecule has 0 bridgehead atoms. The van der Waals surface area contributed by atoms with E-state index in [1.54, 1.807) is 12.1 Å². The summed E-state index contributed by atoms with van der Waals surface area (Å²) in [6, 6.07) is 12.1. The van der Waals surface area contributed by atoms with Crippen molar-refractivity contribution >= 4 is 11.6 Å². The molecule has 0 aliphatic heterocycles. The third-order valence-corrected chi connectivity index (χ3v) is 4.38. The van der Waals surface area contributed by atoms with Gasteiger partial charge in [-0.2, -0.15) is 18.3 Å². The molecule has 0 unspecified atom stereocenters. The zero-order valence-corrected chi connectivity index (χ0v) is 16.1. The van der Waals surface area contributed by atoms with Crippen LogP contribution in [-0.2, 0) is 6.18 Å². The normalized spacial score (nSPS) is 11.6. The number of hydrogen-bond donors (Lipinski definition) is 1. The van der Waals surface area contributed by atoms with Gasteiger partial charge in [0.1, 0.15) is 0 Å². The fourth-order valence-electron chi connectivity index (χ4n) is 2.92. The number of nitrogens with one attached hydrogen (secondary N) is 1. The molecule has 1 amide bonds. The molecule has 0 fully saturated rings. The quantitative estimate of drug-likeness (QED) is 0.631. The highest BCUT2D eigenvalue weighted by atomic mass is 19.4. The van der Waals surface area contributed by atoms with Gasteiger partial charge >= 0.3 is 6.18 Å². The summed E-state index contributed by atoms with van der Waals surface area (Å²) in [4.78, 5) is 12.8. The van der Waals surface area contributed by atoms with Gasteiger partial charge in [0.2, 0.25) is 0 Å². The molecule has 1 heterocycles. The zero-order chi connectivity index (χ0) is 21.2. The first-order valence-corrected chi connectivity index (χ1v) is 8.92. The molecule has 0 aliphatic rings. The number of hydrogen-bond acceptors (Lipinski definition) is 3. The van der Waals surface area contributed by atoms with E-state index in [-0.39, 0.29) is 23.0 Å². The third-order valence-electron chi connectivity index (χ3n) is 4.38. The van der Waals surface area contributed by atoms with Crippen LogP contribution >= 0.6 is 0 Å². The first kappa shape index (κ1) is 20.4. The number of anilines is 1. The predicted molar refractivity (Wildman–Crippen MR) is 104 cm³/mol. The zero-order valence-electron chi connectivity index (χ0n) is 16.1. The Morgan fingerprint density at radius 3 is 2.52 bits per heavy atom. The minimum atomic E-state index is -4.48. The first-order valence-electron chi connectivity index (χ1n) is 8.92. The van der Waals surface area contributed by atoms with E-state index >= 15 is 0 Å². The second-order valence-electron chi connectivity index (χ2n) is 6.73. The van der Waals surface area contributed by atoms with Crippen molar-refractivity contribution in [2.75, 3.05) is 12.4 Å². The molecule has 8 heteroatoms. The lowest BCUT2D eigenvalue weighted by Crippen LogP contribution is -2.15. The van der Waals surface area contributed by atoms with Crippen LogP contribution in [0.5, 0.6) is 5.75 Å². The Bertz CT molecular complexity index is 1030. The molecule has 0 saturated carbocycles. The lowest BCUT2D eigenvalue weighted by atomic mass is 10.0. The topological polar surface area (TPSA) is 56.2 Å². The average molecular weight is 403 g/mol. The number of ether oxygens (including phenoxy) is 1. The molecular formula is C21H20F3N3O2. The van der Waals surface area contributed by atoms with Gasteiger partial charge < -0.3 is 10.1 Å². The molecule has 2 aromatic carbocycles. The van der Waals surface area contributed by atoms with E-state index < -0.39 is 17.6 Å². The number of alkyl halides is 3. The molecule has 3 aromatic rings. The molecule has 0 aliphatic carbocycles. The van der Waals surface area contributed by atoms with Gasteiger partial charge in [-0.1, -0.05) is 38.1 Å². The summed E-state index contributed by atoms with van der Waals surface area (Å²) >= 11 is 0. The lowest BCUT2D eigenvalue weighted by molar-refractivity contribution is -0.137. The SMILES string of the molecule is COc1cn(-c2cccc(C(F)(F)F)c2)nc1C(=O)Nc1ccccc1C(C)C. The van der Waals surface area contributed by atoms with Crippen molar-refractivity contribution in [2.45, 2.75) is 25.9 Å².